The minimum Gasteiger partial charge on any atom is -0.396 e. The van der Waals surface area contributed by atoms with E-state index in [1.165, 1.54) is 12.8 Å². The van der Waals surface area contributed by atoms with Gasteiger partial charge in [0.1, 0.15) is 5.82 Å². The number of rotatable bonds is 5. The normalized spacial score (nSPS) is 17.2. The smallest absolute Gasteiger partial charge is 0.258 e. The van der Waals surface area contributed by atoms with Crippen LogP contribution in [0.5, 0.6) is 0 Å². The summed E-state index contributed by atoms with van der Waals surface area (Å²) in [7, 11) is 0. The Balaban J connectivity index is 1.82. The van der Waals surface area contributed by atoms with E-state index in [1.807, 2.05) is 12.1 Å². The molecule has 0 bridgehead atoms. The molecule has 1 saturated carbocycles. The minimum absolute atomic E-state index is 0.0119. The van der Waals surface area contributed by atoms with Crippen LogP contribution in [-0.4, -0.2) is 27.2 Å². The van der Waals surface area contributed by atoms with Gasteiger partial charge < -0.3 is 15.4 Å². The van der Waals surface area contributed by atoms with E-state index >= 15 is 0 Å². The monoisotopic (exact) mass is 365 g/mol. The zero-order valence-electron chi connectivity index (χ0n) is 12.4. The fourth-order valence-corrected chi connectivity index (χ4v) is 3.66. The number of nitrogens with zero attached hydrogens (tertiary/aromatic N) is 1. The first-order valence-corrected chi connectivity index (χ1v) is 8.46. The van der Waals surface area contributed by atoms with Gasteiger partial charge in [0.2, 0.25) is 0 Å². The van der Waals surface area contributed by atoms with Crippen LogP contribution in [0.1, 0.15) is 37.9 Å². The average Bonchev–Trinajstić information content (AvgIpc) is 2.95. The maximum atomic E-state index is 12.2. The molecule has 1 aromatic carbocycles. The standard InChI is InChI=1S/C16H20BrN3O2/c17-11-3-4-13-12(9-11)15(22)20-14(19-13)10-18-16(7-8-21)5-1-2-6-16/h3-4,9,18,21H,1-2,5-8,10H2,(H,19,20,22). The highest BCUT2D eigenvalue weighted by molar-refractivity contribution is 9.10. The van der Waals surface area contributed by atoms with Gasteiger partial charge in [-0.25, -0.2) is 4.98 Å². The molecule has 1 aliphatic rings. The topological polar surface area (TPSA) is 78.0 Å². The van der Waals surface area contributed by atoms with Gasteiger partial charge in [-0.05, 0) is 37.5 Å². The highest BCUT2D eigenvalue weighted by Crippen LogP contribution is 2.32. The molecule has 2 aromatic rings. The lowest BCUT2D eigenvalue weighted by Crippen LogP contribution is -2.43. The van der Waals surface area contributed by atoms with Crippen molar-refractivity contribution in [1.82, 2.24) is 15.3 Å². The van der Waals surface area contributed by atoms with Crippen LogP contribution in [0, 0.1) is 0 Å². The molecule has 118 valence electrons. The van der Waals surface area contributed by atoms with Crippen molar-refractivity contribution in [3.05, 3.63) is 38.9 Å². The summed E-state index contributed by atoms with van der Waals surface area (Å²) < 4.78 is 0.867. The Kier molecular flexibility index (Phi) is 4.61. The zero-order chi connectivity index (χ0) is 15.6. The summed E-state index contributed by atoms with van der Waals surface area (Å²) in [6, 6.07) is 5.51. The summed E-state index contributed by atoms with van der Waals surface area (Å²) in [5, 5.41) is 13.4. The molecule has 0 amide bonds. The van der Waals surface area contributed by atoms with Crippen LogP contribution in [0.3, 0.4) is 0 Å². The molecule has 0 aliphatic heterocycles. The molecule has 1 fully saturated rings. The predicted octanol–water partition coefficient (Wildman–Crippen LogP) is 2.47. The first-order valence-electron chi connectivity index (χ1n) is 7.66. The Morgan fingerprint density at radius 3 is 2.86 bits per heavy atom. The molecule has 1 aliphatic carbocycles. The fourth-order valence-electron chi connectivity index (χ4n) is 3.30. The number of aliphatic hydroxyl groups is 1. The Labute approximate surface area is 137 Å². The largest absolute Gasteiger partial charge is 0.396 e. The third-order valence-corrected chi connectivity index (χ3v) is 4.99. The number of hydrogen-bond donors (Lipinski definition) is 3. The van der Waals surface area contributed by atoms with Gasteiger partial charge in [0.25, 0.3) is 5.56 Å². The van der Waals surface area contributed by atoms with Crippen molar-refractivity contribution in [2.75, 3.05) is 6.61 Å². The Morgan fingerprint density at radius 2 is 2.14 bits per heavy atom. The molecule has 0 atom stereocenters. The lowest BCUT2D eigenvalue weighted by Gasteiger charge is -2.29. The number of aromatic amines is 1. The van der Waals surface area contributed by atoms with E-state index in [0.717, 1.165) is 23.7 Å². The average molecular weight is 366 g/mol. The summed E-state index contributed by atoms with van der Waals surface area (Å²) in [4.78, 5) is 19.5. The fraction of sp³-hybridized carbons (Fsp3) is 0.500. The van der Waals surface area contributed by atoms with Crippen LogP contribution in [0.15, 0.2) is 27.5 Å². The summed E-state index contributed by atoms with van der Waals surface area (Å²) in [5.74, 6) is 0.643. The van der Waals surface area contributed by atoms with Crippen molar-refractivity contribution in [3.8, 4) is 0 Å². The number of benzene rings is 1. The number of hydrogen-bond acceptors (Lipinski definition) is 4. The maximum absolute atomic E-state index is 12.2. The zero-order valence-corrected chi connectivity index (χ0v) is 13.9. The lowest BCUT2D eigenvalue weighted by molar-refractivity contribution is 0.208. The third-order valence-electron chi connectivity index (χ3n) is 4.50. The van der Waals surface area contributed by atoms with Gasteiger partial charge in [0, 0.05) is 16.6 Å². The second-order valence-corrected chi connectivity index (χ2v) is 6.90. The summed E-state index contributed by atoms with van der Waals surface area (Å²) >= 11 is 3.37. The van der Waals surface area contributed by atoms with Gasteiger partial charge in [-0.3, -0.25) is 4.79 Å². The van der Waals surface area contributed by atoms with Crippen LogP contribution < -0.4 is 10.9 Å². The van der Waals surface area contributed by atoms with Gasteiger partial charge in [-0.15, -0.1) is 0 Å². The first-order chi connectivity index (χ1) is 10.6. The van der Waals surface area contributed by atoms with Crippen molar-refractivity contribution < 1.29 is 5.11 Å². The second kappa shape index (κ2) is 6.48. The summed E-state index contributed by atoms with van der Waals surface area (Å²) in [6.07, 6.45) is 5.25. The Morgan fingerprint density at radius 1 is 1.36 bits per heavy atom. The molecule has 1 heterocycles. The van der Waals surface area contributed by atoms with Gasteiger partial charge in [0.05, 0.1) is 17.4 Å². The van der Waals surface area contributed by atoms with Gasteiger partial charge in [0.15, 0.2) is 0 Å². The molecular formula is C16H20BrN3O2. The van der Waals surface area contributed by atoms with Crippen molar-refractivity contribution in [2.45, 2.75) is 44.2 Å². The first kappa shape index (κ1) is 15.6. The molecule has 0 unspecified atom stereocenters. The van der Waals surface area contributed by atoms with Gasteiger partial charge in [-0.2, -0.15) is 0 Å². The molecule has 22 heavy (non-hydrogen) atoms. The summed E-state index contributed by atoms with van der Waals surface area (Å²) in [6.45, 7) is 0.698. The minimum atomic E-state index is -0.120. The Bertz CT molecular complexity index is 723. The van der Waals surface area contributed by atoms with E-state index in [4.69, 9.17) is 0 Å². The van der Waals surface area contributed by atoms with Crippen molar-refractivity contribution >= 4 is 26.8 Å². The maximum Gasteiger partial charge on any atom is 0.258 e. The van der Waals surface area contributed by atoms with E-state index in [1.54, 1.807) is 6.07 Å². The predicted molar refractivity (Wildman–Crippen MR) is 89.8 cm³/mol. The van der Waals surface area contributed by atoms with Crippen molar-refractivity contribution in [1.29, 1.82) is 0 Å². The van der Waals surface area contributed by atoms with Crippen molar-refractivity contribution in [2.24, 2.45) is 0 Å². The number of aliphatic hydroxyl groups excluding tert-OH is 1. The van der Waals surface area contributed by atoms with E-state index in [-0.39, 0.29) is 17.7 Å². The Hall–Kier alpha value is -1.24. The SMILES string of the molecule is O=c1[nH]c(CNC2(CCO)CCCC2)nc2ccc(Br)cc12. The molecule has 6 heteroatoms. The number of aromatic nitrogens is 2. The molecule has 0 saturated heterocycles. The molecule has 5 nitrogen and oxygen atoms in total. The van der Waals surface area contributed by atoms with Gasteiger partial charge >= 0.3 is 0 Å². The molecule has 0 radical (unpaired) electrons. The van der Waals surface area contributed by atoms with Crippen LogP contribution in [0.25, 0.3) is 10.9 Å². The van der Waals surface area contributed by atoms with Gasteiger partial charge in [-0.1, -0.05) is 28.8 Å². The molecule has 1 aromatic heterocycles. The molecule has 3 N–H and O–H groups in total. The quantitative estimate of drug-likeness (QED) is 0.760. The highest BCUT2D eigenvalue weighted by atomic mass is 79.9. The number of fused-ring (bicyclic) bond motifs is 1. The molecular weight excluding hydrogens is 346 g/mol. The summed E-state index contributed by atoms with van der Waals surface area (Å²) in [5.41, 5.74) is 0.569. The molecule has 0 spiro atoms. The van der Waals surface area contributed by atoms with E-state index in [9.17, 15) is 9.90 Å². The second-order valence-electron chi connectivity index (χ2n) is 5.99. The van der Waals surface area contributed by atoms with Crippen LogP contribution >= 0.6 is 15.9 Å². The van der Waals surface area contributed by atoms with E-state index in [0.29, 0.717) is 23.3 Å². The third kappa shape index (κ3) is 3.24. The van der Waals surface area contributed by atoms with Crippen LogP contribution in [0.4, 0.5) is 0 Å². The number of halogens is 1. The van der Waals surface area contributed by atoms with E-state index < -0.39 is 0 Å². The molecule has 3 rings (SSSR count). The number of H-pyrrole nitrogens is 1. The highest BCUT2D eigenvalue weighted by Gasteiger charge is 2.32. The number of nitrogens with one attached hydrogen (secondary N) is 2. The lowest BCUT2D eigenvalue weighted by atomic mass is 9.93. The van der Waals surface area contributed by atoms with E-state index in [2.05, 4.69) is 31.2 Å². The van der Waals surface area contributed by atoms with Crippen molar-refractivity contribution in [3.63, 3.8) is 0 Å². The van der Waals surface area contributed by atoms with Crippen LogP contribution in [-0.2, 0) is 6.54 Å². The van der Waals surface area contributed by atoms with Crippen LogP contribution in [0.2, 0.25) is 0 Å².